The molecule has 7 nitrogen and oxygen atoms in total. The van der Waals surface area contributed by atoms with E-state index < -0.39 is 0 Å². The third kappa shape index (κ3) is 6.60. The Morgan fingerprint density at radius 2 is 1.50 bits per heavy atom. The average Bonchev–Trinajstić information content (AvgIpc) is 2.67. The van der Waals surface area contributed by atoms with E-state index in [0.29, 0.717) is 23.5 Å². The lowest BCUT2D eigenvalue weighted by Gasteiger charge is -2.11. The van der Waals surface area contributed by atoms with Gasteiger partial charge in [-0.25, -0.2) is 4.79 Å². The van der Waals surface area contributed by atoms with Crippen LogP contribution in [0.25, 0.3) is 0 Å². The van der Waals surface area contributed by atoms with Crippen LogP contribution in [0, 0.1) is 0 Å². The summed E-state index contributed by atoms with van der Waals surface area (Å²) >= 11 is 0. The Labute approximate surface area is 164 Å². The fourth-order valence-electron chi connectivity index (χ4n) is 2.30. The van der Waals surface area contributed by atoms with Crippen molar-refractivity contribution in [3.63, 3.8) is 0 Å². The molecular weight excluding hydrogens is 356 g/mol. The van der Waals surface area contributed by atoms with Crippen molar-refractivity contribution in [2.24, 2.45) is 0 Å². The lowest BCUT2D eigenvalue weighted by atomic mass is 10.1. The zero-order chi connectivity index (χ0) is 20.5. The summed E-state index contributed by atoms with van der Waals surface area (Å²) < 4.78 is 0. The molecule has 0 saturated carbocycles. The van der Waals surface area contributed by atoms with Gasteiger partial charge in [-0.1, -0.05) is 18.7 Å². The maximum Gasteiger partial charge on any atom is 0.319 e. The van der Waals surface area contributed by atoms with Gasteiger partial charge in [-0.15, -0.1) is 0 Å². The molecule has 0 aliphatic carbocycles. The van der Waals surface area contributed by atoms with Crippen molar-refractivity contribution in [1.82, 2.24) is 10.6 Å². The Hall–Kier alpha value is -3.61. The normalized spacial score (nSPS) is 10.1. The monoisotopic (exact) mass is 380 g/mol. The molecule has 0 unspecified atom stereocenters. The lowest BCUT2D eigenvalue weighted by molar-refractivity contribution is -0.116. The van der Waals surface area contributed by atoms with E-state index >= 15 is 0 Å². The molecular formula is C21H24N4O3. The second kappa shape index (κ2) is 9.91. The molecule has 4 amide bonds. The van der Waals surface area contributed by atoms with Gasteiger partial charge in [0.15, 0.2) is 0 Å². The third-order valence-corrected chi connectivity index (χ3v) is 3.69. The maximum absolute atomic E-state index is 12.3. The molecule has 0 heterocycles. The van der Waals surface area contributed by atoms with Crippen molar-refractivity contribution in [2.75, 3.05) is 10.6 Å². The van der Waals surface area contributed by atoms with E-state index in [4.69, 9.17) is 0 Å². The van der Waals surface area contributed by atoms with Gasteiger partial charge in [0, 0.05) is 29.5 Å². The molecule has 4 N–H and O–H groups in total. The summed E-state index contributed by atoms with van der Waals surface area (Å²) in [6.07, 6.45) is 1.21. The van der Waals surface area contributed by atoms with Crippen LogP contribution in [-0.2, 0) is 11.3 Å². The third-order valence-electron chi connectivity index (χ3n) is 3.69. The first-order chi connectivity index (χ1) is 13.4. The maximum atomic E-state index is 12.3. The molecule has 0 saturated heterocycles. The summed E-state index contributed by atoms with van der Waals surface area (Å²) in [5, 5.41) is 10.9. The molecule has 7 heteroatoms. The Morgan fingerprint density at radius 1 is 0.929 bits per heavy atom. The van der Waals surface area contributed by atoms with Crippen LogP contribution >= 0.6 is 0 Å². The van der Waals surface area contributed by atoms with E-state index in [1.165, 1.54) is 6.08 Å². The topological polar surface area (TPSA) is 99.3 Å². The van der Waals surface area contributed by atoms with E-state index in [9.17, 15) is 14.4 Å². The first-order valence-electron chi connectivity index (χ1n) is 8.85. The van der Waals surface area contributed by atoms with Crippen molar-refractivity contribution >= 4 is 29.2 Å². The minimum atomic E-state index is -0.281. The predicted molar refractivity (Wildman–Crippen MR) is 110 cm³/mol. The van der Waals surface area contributed by atoms with Gasteiger partial charge in [-0.3, -0.25) is 9.59 Å². The number of hydrogen-bond acceptors (Lipinski definition) is 3. The van der Waals surface area contributed by atoms with Gasteiger partial charge in [-0.2, -0.15) is 0 Å². The Balaban J connectivity index is 1.90. The number of carbonyl (C=O) groups excluding carboxylic acids is 3. The van der Waals surface area contributed by atoms with Crippen LogP contribution in [0.2, 0.25) is 0 Å². The van der Waals surface area contributed by atoms with Gasteiger partial charge in [0.2, 0.25) is 5.91 Å². The van der Waals surface area contributed by atoms with E-state index in [-0.39, 0.29) is 23.9 Å². The van der Waals surface area contributed by atoms with Gasteiger partial charge >= 0.3 is 6.03 Å². The first kappa shape index (κ1) is 20.7. The van der Waals surface area contributed by atoms with Crippen LogP contribution in [0.1, 0.15) is 29.8 Å². The second-order valence-corrected chi connectivity index (χ2v) is 6.40. The molecule has 0 bridgehead atoms. The number of hydrogen-bond donors (Lipinski definition) is 4. The number of rotatable bonds is 7. The highest BCUT2D eigenvalue weighted by molar-refractivity contribution is 6.04. The highest BCUT2D eigenvalue weighted by atomic mass is 16.2. The van der Waals surface area contributed by atoms with Gasteiger partial charge in [-0.05, 0) is 61.9 Å². The molecule has 2 rings (SSSR count). The number of carbonyl (C=O) groups is 3. The van der Waals surface area contributed by atoms with Crippen LogP contribution in [0.4, 0.5) is 16.2 Å². The van der Waals surface area contributed by atoms with Gasteiger partial charge in [0.25, 0.3) is 5.91 Å². The molecule has 28 heavy (non-hydrogen) atoms. The van der Waals surface area contributed by atoms with Crippen LogP contribution in [0.3, 0.4) is 0 Å². The van der Waals surface area contributed by atoms with Crippen molar-refractivity contribution in [3.8, 4) is 0 Å². The SMILES string of the molecule is C=CC(=O)NCc1ccc(C(=O)Nc2ccc(NC(=O)NC(C)C)cc2)cc1. The minimum absolute atomic E-state index is 0.0446. The number of benzene rings is 2. The fourth-order valence-corrected chi connectivity index (χ4v) is 2.30. The number of nitrogens with one attached hydrogen (secondary N) is 4. The zero-order valence-electron chi connectivity index (χ0n) is 15.9. The molecule has 0 atom stereocenters. The first-order valence-corrected chi connectivity index (χ1v) is 8.85. The largest absolute Gasteiger partial charge is 0.348 e. The molecule has 0 spiro atoms. The van der Waals surface area contributed by atoms with Gasteiger partial charge in [0.05, 0.1) is 0 Å². The van der Waals surface area contributed by atoms with Crippen LogP contribution < -0.4 is 21.3 Å². The summed E-state index contributed by atoms with van der Waals surface area (Å²) in [4.78, 5) is 35.2. The van der Waals surface area contributed by atoms with E-state index in [1.807, 2.05) is 13.8 Å². The molecule has 2 aromatic carbocycles. The standard InChI is InChI=1S/C21H24N4O3/c1-4-19(26)22-13-15-5-7-16(8-6-15)20(27)24-17-9-11-18(12-10-17)25-21(28)23-14(2)3/h4-12,14H,1,13H2,2-3H3,(H,22,26)(H,24,27)(H2,23,25,28). The summed E-state index contributed by atoms with van der Waals surface area (Å²) in [7, 11) is 0. The second-order valence-electron chi connectivity index (χ2n) is 6.40. The Kier molecular flexibility index (Phi) is 7.33. The smallest absolute Gasteiger partial charge is 0.319 e. The van der Waals surface area contributed by atoms with Crippen molar-refractivity contribution in [3.05, 3.63) is 72.3 Å². The molecule has 2 aromatic rings. The van der Waals surface area contributed by atoms with Crippen LogP contribution in [0.15, 0.2) is 61.2 Å². The van der Waals surface area contributed by atoms with Crippen LogP contribution in [-0.4, -0.2) is 23.9 Å². The quantitative estimate of drug-likeness (QED) is 0.555. The van der Waals surface area contributed by atoms with Crippen molar-refractivity contribution < 1.29 is 14.4 Å². The van der Waals surface area contributed by atoms with Gasteiger partial charge < -0.3 is 21.3 Å². The highest BCUT2D eigenvalue weighted by Crippen LogP contribution is 2.15. The lowest BCUT2D eigenvalue weighted by Crippen LogP contribution is -2.34. The molecule has 0 aliphatic rings. The predicted octanol–water partition coefficient (Wildman–Crippen LogP) is 3.27. The van der Waals surface area contributed by atoms with E-state index in [0.717, 1.165) is 5.56 Å². The number of urea groups is 1. The van der Waals surface area contributed by atoms with E-state index in [1.54, 1.807) is 48.5 Å². The summed E-state index contributed by atoms with van der Waals surface area (Å²) in [6.45, 7) is 7.51. The molecule has 0 aliphatic heterocycles. The number of anilines is 2. The zero-order valence-corrected chi connectivity index (χ0v) is 15.9. The van der Waals surface area contributed by atoms with Crippen molar-refractivity contribution in [1.29, 1.82) is 0 Å². The molecule has 146 valence electrons. The molecule has 0 fully saturated rings. The van der Waals surface area contributed by atoms with E-state index in [2.05, 4.69) is 27.8 Å². The van der Waals surface area contributed by atoms with Crippen LogP contribution in [0.5, 0.6) is 0 Å². The Morgan fingerprint density at radius 3 is 2.04 bits per heavy atom. The summed E-state index contributed by atoms with van der Waals surface area (Å²) in [5.41, 5.74) is 2.61. The summed E-state index contributed by atoms with van der Waals surface area (Å²) in [6, 6.07) is 13.5. The fraction of sp³-hybridized carbons (Fsp3) is 0.190. The Bertz CT molecular complexity index is 843. The van der Waals surface area contributed by atoms with Crippen molar-refractivity contribution in [2.45, 2.75) is 26.4 Å². The summed E-state index contributed by atoms with van der Waals surface area (Å²) in [5.74, 6) is -0.499. The molecule has 0 radical (unpaired) electrons. The highest BCUT2D eigenvalue weighted by Gasteiger charge is 2.07. The minimum Gasteiger partial charge on any atom is -0.348 e. The average molecular weight is 380 g/mol. The number of amides is 4. The molecule has 0 aromatic heterocycles. The van der Waals surface area contributed by atoms with Gasteiger partial charge in [0.1, 0.15) is 0 Å².